The molecule has 0 radical (unpaired) electrons. The molecule has 1 saturated carbocycles. The summed E-state index contributed by atoms with van der Waals surface area (Å²) in [7, 11) is 0. The SMILES string of the molecule is c1ccc(-c2coc(C3CC3)c2)cc1. The van der Waals surface area contributed by atoms with Gasteiger partial charge in [-0.25, -0.2) is 0 Å². The smallest absolute Gasteiger partial charge is 0.107 e. The van der Waals surface area contributed by atoms with E-state index in [1.165, 1.54) is 24.0 Å². The van der Waals surface area contributed by atoms with Crippen molar-refractivity contribution in [2.24, 2.45) is 0 Å². The van der Waals surface area contributed by atoms with Gasteiger partial charge in [0.2, 0.25) is 0 Å². The van der Waals surface area contributed by atoms with E-state index in [1.807, 2.05) is 12.3 Å². The second-order valence-electron chi connectivity index (χ2n) is 3.88. The Morgan fingerprint density at radius 3 is 2.50 bits per heavy atom. The third-order valence-corrected chi connectivity index (χ3v) is 2.71. The molecule has 1 aromatic carbocycles. The molecule has 1 aliphatic rings. The Morgan fingerprint density at radius 2 is 1.79 bits per heavy atom. The number of hydrogen-bond acceptors (Lipinski definition) is 1. The van der Waals surface area contributed by atoms with Crippen LogP contribution < -0.4 is 0 Å². The van der Waals surface area contributed by atoms with Crippen molar-refractivity contribution in [2.45, 2.75) is 18.8 Å². The predicted octanol–water partition coefficient (Wildman–Crippen LogP) is 3.82. The van der Waals surface area contributed by atoms with Crippen LogP contribution in [0.3, 0.4) is 0 Å². The first-order valence-electron chi connectivity index (χ1n) is 5.07. The average molecular weight is 184 g/mol. The van der Waals surface area contributed by atoms with Gasteiger partial charge in [0, 0.05) is 11.5 Å². The molecule has 2 aromatic rings. The first-order valence-corrected chi connectivity index (χ1v) is 5.07. The Hall–Kier alpha value is -1.50. The third-order valence-electron chi connectivity index (χ3n) is 2.71. The number of benzene rings is 1. The van der Waals surface area contributed by atoms with E-state index in [4.69, 9.17) is 4.42 Å². The van der Waals surface area contributed by atoms with E-state index in [1.54, 1.807) is 0 Å². The number of furan rings is 1. The molecule has 14 heavy (non-hydrogen) atoms. The van der Waals surface area contributed by atoms with Crippen molar-refractivity contribution in [3.8, 4) is 11.1 Å². The van der Waals surface area contributed by atoms with Crippen molar-refractivity contribution in [3.63, 3.8) is 0 Å². The molecule has 0 aliphatic heterocycles. The summed E-state index contributed by atoms with van der Waals surface area (Å²) in [5.41, 5.74) is 2.44. The van der Waals surface area contributed by atoms with Gasteiger partial charge in [-0.15, -0.1) is 0 Å². The first kappa shape index (κ1) is 7.86. The maximum absolute atomic E-state index is 5.54. The standard InChI is InChI=1S/C13H12O/c1-2-4-10(5-3-1)12-8-13(14-9-12)11-6-7-11/h1-5,8-9,11H,6-7H2. The monoisotopic (exact) mass is 184 g/mol. The first-order chi connectivity index (χ1) is 6.93. The lowest BCUT2D eigenvalue weighted by Crippen LogP contribution is -1.71. The molecule has 0 bridgehead atoms. The van der Waals surface area contributed by atoms with Gasteiger partial charge in [-0.05, 0) is 24.5 Å². The van der Waals surface area contributed by atoms with Crippen LogP contribution in [0.4, 0.5) is 0 Å². The molecule has 1 nitrogen and oxygen atoms in total. The number of rotatable bonds is 2. The zero-order valence-corrected chi connectivity index (χ0v) is 7.94. The van der Waals surface area contributed by atoms with Crippen LogP contribution in [0.1, 0.15) is 24.5 Å². The minimum atomic E-state index is 0.701. The molecule has 1 aliphatic carbocycles. The van der Waals surface area contributed by atoms with E-state index in [9.17, 15) is 0 Å². The van der Waals surface area contributed by atoms with E-state index < -0.39 is 0 Å². The molecule has 70 valence electrons. The van der Waals surface area contributed by atoms with Gasteiger partial charge < -0.3 is 4.42 Å². The Balaban J connectivity index is 1.96. The molecule has 0 amide bonds. The van der Waals surface area contributed by atoms with Gasteiger partial charge >= 0.3 is 0 Å². The Bertz CT molecular complexity index is 424. The maximum atomic E-state index is 5.54. The molecule has 0 N–H and O–H groups in total. The molecular formula is C13H12O. The van der Waals surface area contributed by atoms with Crippen LogP contribution in [0, 0.1) is 0 Å². The van der Waals surface area contributed by atoms with Crippen molar-refractivity contribution in [3.05, 3.63) is 48.4 Å². The van der Waals surface area contributed by atoms with Gasteiger partial charge in [-0.1, -0.05) is 30.3 Å². The Kier molecular flexibility index (Phi) is 1.69. The summed E-state index contributed by atoms with van der Waals surface area (Å²) in [6, 6.07) is 12.5. The zero-order valence-electron chi connectivity index (χ0n) is 7.94. The lowest BCUT2D eigenvalue weighted by atomic mass is 10.1. The highest BCUT2D eigenvalue weighted by atomic mass is 16.3. The van der Waals surface area contributed by atoms with Gasteiger partial charge in [0.1, 0.15) is 5.76 Å². The third kappa shape index (κ3) is 1.35. The molecular weight excluding hydrogens is 172 g/mol. The number of hydrogen-bond donors (Lipinski definition) is 0. The molecule has 1 aromatic heterocycles. The highest BCUT2D eigenvalue weighted by Crippen LogP contribution is 2.41. The van der Waals surface area contributed by atoms with E-state index in [0.29, 0.717) is 5.92 Å². The Morgan fingerprint density at radius 1 is 1.00 bits per heavy atom. The van der Waals surface area contributed by atoms with Crippen molar-refractivity contribution in [2.75, 3.05) is 0 Å². The summed E-state index contributed by atoms with van der Waals surface area (Å²) in [6.07, 6.45) is 4.45. The maximum Gasteiger partial charge on any atom is 0.107 e. The molecule has 1 heterocycles. The topological polar surface area (TPSA) is 13.1 Å². The fourth-order valence-corrected chi connectivity index (χ4v) is 1.72. The van der Waals surface area contributed by atoms with Crippen LogP contribution in [0.2, 0.25) is 0 Å². The summed E-state index contributed by atoms with van der Waals surface area (Å²) >= 11 is 0. The van der Waals surface area contributed by atoms with E-state index in [2.05, 4.69) is 30.3 Å². The van der Waals surface area contributed by atoms with Crippen LogP contribution in [0.5, 0.6) is 0 Å². The molecule has 3 rings (SSSR count). The van der Waals surface area contributed by atoms with Crippen molar-refractivity contribution < 1.29 is 4.42 Å². The summed E-state index contributed by atoms with van der Waals surface area (Å²) < 4.78 is 5.54. The van der Waals surface area contributed by atoms with Crippen molar-refractivity contribution >= 4 is 0 Å². The lowest BCUT2D eigenvalue weighted by Gasteiger charge is -1.93. The fraction of sp³-hybridized carbons (Fsp3) is 0.231. The van der Waals surface area contributed by atoms with Crippen molar-refractivity contribution in [1.29, 1.82) is 0 Å². The average Bonchev–Trinajstić information content (AvgIpc) is 2.98. The van der Waals surface area contributed by atoms with Crippen LogP contribution in [0.25, 0.3) is 11.1 Å². The van der Waals surface area contributed by atoms with Gasteiger partial charge in [0.15, 0.2) is 0 Å². The van der Waals surface area contributed by atoms with Gasteiger partial charge in [0.25, 0.3) is 0 Å². The van der Waals surface area contributed by atoms with Gasteiger partial charge in [0.05, 0.1) is 6.26 Å². The van der Waals surface area contributed by atoms with Crippen LogP contribution in [0.15, 0.2) is 47.1 Å². The van der Waals surface area contributed by atoms with E-state index in [-0.39, 0.29) is 0 Å². The van der Waals surface area contributed by atoms with Crippen LogP contribution in [-0.4, -0.2) is 0 Å². The summed E-state index contributed by atoms with van der Waals surface area (Å²) in [4.78, 5) is 0. The largest absolute Gasteiger partial charge is 0.468 e. The molecule has 0 spiro atoms. The highest BCUT2D eigenvalue weighted by molar-refractivity contribution is 5.62. The summed E-state index contributed by atoms with van der Waals surface area (Å²) in [5, 5.41) is 0. The minimum absolute atomic E-state index is 0.701. The minimum Gasteiger partial charge on any atom is -0.468 e. The quantitative estimate of drug-likeness (QED) is 0.691. The van der Waals surface area contributed by atoms with Gasteiger partial charge in [-0.3, -0.25) is 0 Å². The van der Waals surface area contributed by atoms with E-state index >= 15 is 0 Å². The second-order valence-corrected chi connectivity index (χ2v) is 3.88. The normalized spacial score (nSPS) is 15.7. The summed E-state index contributed by atoms with van der Waals surface area (Å²) in [5.74, 6) is 1.86. The summed E-state index contributed by atoms with van der Waals surface area (Å²) in [6.45, 7) is 0. The molecule has 0 saturated heterocycles. The molecule has 1 fully saturated rings. The molecule has 0 unspecified atom stereocenters. The predicted molar refractivity (Wildman–Crippen MR) is 56.1 cm³/mol. The Labute approximate surface area is 83.4 Å². The molecule has 0 atom stereocenters. The van der Waals surface area contributed by atoms with Gasteiger partial charge in [-0.2, -0.15) is 0 Å². The van der Waals surface area contributed by atoms with Crippen LogP contribution in [-0.2, 0) is 0 Å². The second kappa shape index (κ2) is 3.02. The highest BCUT2D eigenvalue weighted by Gasteiger charge is 2.26. The fourth-order valence-electron chi connectivity index (χ4n) is 1.72. The lowest BCUT2D eigenvalue weighted by molar-refractivity contribution is 0.512. The zero-order chi connectivity index (χ0) is 9.38. The molecule has 1 heteroatoms. The van der Waals surface area contributed by atoms with E-state index in [0.717, 1.165) is 5.76 Å². The van der Waals surface area contributed by atoms with Crippen LogP contribution >= 0.6 is 0 Å². The van der Waals surface area contributed by atoms with Crippen molar-refractivity contribution in [1.82, 2.24) is 0 Å².